The molecular weight excluding hydrogens is 256 g/mol. The van der Waals surface area contributed by atoms with E-state index in [9.17, 15) is 0 Å². The van der Waals surface area contributed by atoms with Gasteiger partial charge in [-0.1, -0.05) is 33.6 Å². The van der Waals surface area contributed by atoms with Gasteiger partial charge in [0.1, 0.15) is 0 Å². The van der Waals surface area contributed by atoms with E-state index in [1.54, 1.807) is 0 Å². The summed E-state index contributed by atoms with van der Waals surface area (Å²) in [6, 6.07) is 1.36. The number of hydrogen-bond acceptors (Lipinski definition) is 2. The van der Waals surface area contributed by atoms with Crippen molar-refractivity contribution in [1.82, 2.24) is 4.90 Å². The van der Waals surface area contributed by atoms with E-state index in [0.717, 1.165) is 23.8 Å². The molecule has 0 amide bonds. The van der Waals surface area contributed by atoms with E-state index >= 15 is 0 Å². The van der Waals surface area contributed by atoms with E-state index in [1.165, 1.54) is 64.5 Å². The van der Waals surface area contributed by atoms with Crippen molar-refractivity contribution >= 4 is 0 Å². The first-order valence-electron chi connectivity index (χ1n) is 9.51. The third kappa shape index (κ3) is 3.17. The lowest BCUT2D eigenvalue weighted by molar-refractivity contribution is 0.0942. The first kappa shape index (κ1) is 15.8. The van der Waals surface area contributed by atoms with Gasteiger partial charge in [0.25, 0.3) is 0 Å². The van der Waals surface area contributed by atoms with Gasteiger partial charge in [0, 0.05) is 25.2 Å². The Hall–Kier alpha value is -0.0800. The molecule has 3 aliphatic rings. The molecule has 3 atom stereocenters. The minimum absolute atomic E-state index is 0.490. The summed E-state index contributed by atoms with van der Waals surface area (Å²) in [5.74, 6) is 2.67. The molecule has 3 unspecified atom stereocenters. The average Bonchev–Trinajstić information content (AvgIpc) is 2.93. The summed E-state index contributed by atoms with van der Waals surface area (Å²) in [6.07, 6.45) is 11.2. The number of rotatable bonds is 3. The summed E-state index contributed by atoms with van der Waals surface area (Å²) in [6.45, 7) is 9.96. The van der Waals surface area contributed by atoms with E-state index < -0.39 is 0 Å². The van der Waals surface area contributed by atoms with Crippen molar-refractivity contribution in [2.75, 3.05) is 13.1 Å². The normalized spacial score (nSPS) is 42.0. The third-order valence-corrected chi connectivity index (χ3v) is 7.41. The molecule has 0 aromatic rings. The highest BCUT2D eigenvalue weighted by atomic mass is 15.2. The fourth-order valence-electron chi connectivity index (χ4n) is 5.36. The Morgan fingerprint density at radius 3 is 2.33 bits per heavy atom. The monoisotopic (exact) mass is 292 g/mol. The Morgan fingerprint density at radius 2 is 1.71 bits per heavy atom. The summed E-state index contributed by atoms with van der Waals surface area (Å²) in [5.41, 5.74) is 6.93. The van der Waals surface area contributed by atoms with E-state index in [1.807, 2.05) is 0 Å². The van der Waals surface area contributed by atoms with Gasteiger partial charge in [0.15, 0.2) is 0 Å². The molecule has 1 saturated heterocycles. The van der Waals surface area contributed by atoms with Gasteiger partial charge in [0.2, 0.25) is 0 Å². The Kier molecular flexibility index (Phi) is 4.66. The van der Waals surface area contributed by atoms with Crippen LogP contribution in [0.2, 0.25) is 0 Å². The molecule has 2 N–H and O–H groups in total. The lowest BCUT2D eigenvalue weighted by atomic mass is 9.68. The second-order valence-electron chi connectivity index (χ2n) is 8.82. The molecule has 0 radical (unpaired) electrons. The van der Waals surface area contributed by atoms with Crippen LogP contribution in [-0.2, 0) is 0 Å². The molecule has 122 valence electrons. The molecule has 3 fully saturated rings. The number of likely N-dealkylation sites (tertiary alicyclic amines) is 1. The number of nitrogens with zero attached hydrogens (tertiary/aromatic N) is 1. The van der Waals surface area contributed by atoms with Gasteiger partial charge in [-0.05, 0) is 61.7 Å². The topological polar surface area (TPSA) is 29.3 Å². The van der Waals surface area contributed by atoms with E-state index in [4.69, 9.17) is 5.73 Å². The van der Waals surface area contributed by atoms with Crippen LogP contribution < -0.4 is 5.73 Å². The maximum atomic E-state index is 6.38. The van der Waals surface area contributed by atoms with Gasteiger partial charge in [-0.15, -0.1) is 0 Å². The van der Waals surface area contributed by atoms with Crippen molar-refractivity contribution in [2.24, 2.45) is 28.9 Å². The molecule has 0 aromatic carbocycles. The SMILES string of the molecule is CCC(C)(C)C1CCC(N2CC3CCCC(N)C3C2)CC1. The molecule has 0 aromatic heterocycles. The molecule has 2 heteroatoms. The average molecular weight is 293 g/mol. The van der Waals surface area contributed by atoms with Crippen LogP contribution in [0.1, 0.15) is 72.1 Å². The fourth-order valence-corrected chi connectivity index (χ4v) is 5.36. The van der Waals surface area contributed by atoms with Crippen molar-refractivity contribution in [2.45, 2.75) is 84.2 Å². The third-order valence-electron chi connectivity index (χ3n) is 7.41. The van der Waals surface area contributed by atoms with Crippen molar-refractivity contribution in [1.29, 1.82) is 0 Å². The van der Waals surface area contributed by atoms with Crippen LogP contribution in [0.4, 0.5) is 0 Å². The minimum Gasteiger partial charge on any atom is -0.327 e. The largest absolute Gasteiger partial charge is 0.327 e. The van der Waals surface area contributed by atoms with Crippen molar-refractivity contribution in [3.05, 3.63) is 0 Å². The molecule has 0 bridgehead atoms. The van der Waals surface area contributed by atoms with Crippen LogP contribution >= 0.6 is 0 Å². The number of hydrogen-bond donors (Lipinski definition) is 1. The molecule has 2 aliphatic carbocycles. The zero-order valence-electron chi connectivity index (χ0n) is 14.5. The lowest BCUT2D eigenvalue weighted by Crippen LogP contribution is -2.40. The van der Waals surface area contributed by atoms with Gasteiger partial charge in [-0.2, -0.15) is 0 Å². The Morgan fingerprint density at radius 1 is 1.00 bits per heavy atom. The molecule has 1 aliphatic heterocycles. The highest BCUT2D eigenvalue weighted by Crippen LogP contribution is 2.43. The van der Waals surface area contributed by atoms with Gasteiger partial charge in [0.05, 0.1) is 0 Å². The molecule has 21 heavy (non-hydrogen) atoms. The van der Waals surface area contributed by atoms with E-state index in [0.29, 0.717) is 11.5 Å². The summed E-state index contributed by atoms with van der Waals surface area (Å²) >= 11 is 0. The smallest absolute Gasteiger partial charge is 0.00957 e. The van der Waals surface area contributed by atoms with Crippen LogP contribution in [0, 0.1) is 23.2 Å². The van der Waals surface area contributed by atoms with Crippen LogP contribution in [0.3, 0.4) is 0 Å². The minimum atomic E-state index is 0.490. The Labute approximate surface area is 131 Å². The number of fused-ring (bicyclic) bond motifs is 1. The van der Waals surface area contributed by atoms with Gasteiger partial charge >= 0.3 is 0 Å². The number of nitrogens with two attached hydrogens (primary N) is 1. The standard InChI is InChI=1S/C19H36N2/c1-4-19(2,3)15-8-10-16(11-9-15)21-12-14-6-5-7-18(20)17(14)13-21/h14-18H,4-13,20H2,1-3H3. The zero-order chi connectivity index (χ0) is 15.0. The highest BCUT2D eigenvalue weighted by Gasteiger charge is 2.42. The van der Waals surface area contributed by atoms with Crippen LogP contribution in [0.15, 0.2) is 0 Å². The van der Waals surface area contributed by atoms with Crippen LogP contribution in [0.25, 0.3) is 0 Å². The summed E-state index contributed by atoms with van der Waals surface area (Å²) < 4.78 is 0. The van der Waals surface area contributed by atoms with Crippen molar-refractivity contribution < 1.29 is 0 Å². The quantitative estimate of drug-likeness (QED) is 0.850. The Balaban J connectivity index is 1.54. The highest BCUT2D eigenvalue weighted by molar-refractivity contribution is 4.96. The van der Waals surface area contributed by atoms with Gasteiger partial charge < -0.3 is 5.73 Å². The van der Waals surface area contributed by atoms with Crippen LogP contribution in [0.5, 0.6) is 0 Å². The van der Waals surface area contributed by atoms with Gasteiger partial charge in [-0.25, -0.2) is 0 Å². The zero-order valence-corrected chi connectivity index (χ0v) is 14.5. The first-order chi connectivity index (χ1) is 10.0. The summed E-state index contributed by atoms with van der Waals surface area (Å²) in [4.78, 5) is 2.83. The predicted molar refractivity (Wildman–Crippen MR) is 90.2 cm³/mol. The fraction of sp³-hybridized carbons (Fsp3) is 1.00. The van der Waals surface area contributed by atoms with Crippen molar-refractivity contribution in [3.63, 3.8) is 0 Å². The van der Waals surface area contributed by atoms with E-state index in [2.05, 4.69) is 25.7 Å². The molecule has 2 nitrogen and oxygen atoms in total. The maximum absolute atomic E-state index is 6.38. The Bertz CT molecular complexity index is 343. The first-order valence-corrected chi connectivity index (χ1v) is 9.51. The predicted octanol–water partition coefficient (Wildman–Crippen LogP) is 4.04. The second-order valence-corrected chi connectivity index (χ2v) is 8.82. The molecule has 1 heterocycles. The summed E-state index contributed by atoms with van der Waals surface area (Å²) in [5, 5.41) is 0. The second kappa shape index (κ2) is 6.20. The maximum Gasteiger partial charge on any atom is 0.00957 e. The molecular formula is C19H36N2. The molecule has 2 saturated carbocycles. The van der Waals surface area contributed by atoms with Crippen molar-refractivity contribution in [3.8, 4) is 0 Å². The van der Waals surface area contributed by atoms with Crippen LogP contribution in [-0.4, -0.2) is 30.1 Å². The summed E-state index contributed by atoms with van der Waals surface area (Å²) in [7, 11) is 0. The molecule has 3 rings (SSSR count). The lowest BCUT2D eigenvalue weighted by Gasteiger charge is -2.41. The van der Waals surface area contributed by atoms with Gasteiger partial charge in [-0.3, -0.25) is 4.90 Å². The molecule has 0 spiro atoms. The van der Waals surface area contributed by atoms with E-state index in [-0.39, 0.29) is 0 Å².